The second-order valence-electron chi connectivity index (χ2n) is 6.61. The average Bonchev–Trinajstić information content (AvgIpc) is 2.54. The van der Waals surface area contributed by atoms with Crippen molar-refractivity contribution in [1.82, 2.24) is 5.48 Å². The summed E-state index contributed by atoms with van der Waals surface area (Å²) in [4.78, 5) is 11.1. The van der Waals surface area contributed by atoms with Crippen molar-refractivity contribution in [2.75, 3.05) is 13.7 Å². The number of methoxy groups -OCH3 is 1. The first kappa shape index (κ1) is 16.7. The normalized spacial score (nSPS) is 33.6. The molecule has 2 aliphatic rings. The van der Waals surface area contributed by atoms with E-state index in [0.717, 1.165) is 38.7 Å². The molecule has 2 saturated carbocycles. The van der Waals surface area contributed by atoms with Gasteiger partial charge in [0.1, 0.15) is 0 Å². The monoisotopic (exact) mass is 299 g/mol. The van der Waals surface area contributed by atoms with Crippen molar-refractivity contribution in [2.45, 2.75) is 70.0 Å². The summed E-state index contributed by atoms with van der Waals surface area (Å²) < 4.78 is 11.6. The molecule has 21 heavy (non-hydrogen) atoms. The van der Waals surface area contributed by atoms with Crippen LogP contribution < -0.4 is 5.48 Å². The standard InChI is InChI=1S/C16H29NO4/c1-20-15-4-2-3-13(9-15)11-21-14-7-5-12(6-8-14)10-16(18)17-19/h12-15,19H,2-11H2,1H3,(H,17,18). The molecular formula is C16H29NO4. The molecule has 0 heterocycles. The molecule has 2 rings (SSSR count). The van der Waals surface area contributed by atoms with Gasteiger partial charge >= 0.3 is 0 Å². The Morgan fingerprint density at radius 2 is 1.86 bits per heavy atom. The van der Waals surface area contributed by atoms with Crippen LogP contribution in [-0.4, -0.2) is 37.0 Å². The zero-order valence-corrected chi connectivity index (χ0v) is 13.1. The summed E-state index contributed by atoms with van der Waals surface area (Å²) in [5.74, 6) is 0.762. The highest BCUT2D eigenvalue weighted by atomic mass is 16.5. The third-order valence-corrected chi connectivity index (χ3v) is 5.03. The fraction of sp³-hybridized carbons (Fsp3) is 0.938. The molecule has 0 aromatic heterocycles. The van der Waals surface area contributed by atoms with Gasteiger partial charge < -0.3 is 9.47 Å². The van der Waals surface area contributed by atoms with Crippen molar-refractivity contribution in [3.05, 3.63) is 0 Å². The van der Waals surface area contributed by atoms with Crippen LogP contribution in [0.2, 0.25) is 0 Å². The van der Waals surface area contributed by atoms with Crippen LogP contribution in [0.4, 0.5) is 0 Å². The molecule has 0 aromatic rings. The minimum absolute atomic E-state index is 0.271. The van der Waals surface area contributed by atoms with Gasteiger partial charge in [0.15, 0.2) is 0 Å². The molecule has 0 aliphatic heterocycles. The minimum Gasteiger partial charge on any atom is -0.381 e. The fourth-order valence-electron chi connectivity index (χ4n) is 3.69. The van der Waals surface area contributed by atoms with Gasteiger partial charge in [0.2, 0.25) is 5.91 Å². The summed E-state index contributed by atoms with van der Waals surface area (Å²) in [6, 6.07) is 0. The summed E-state index contributed by atoms with van der Waals surface area (Å²) in [6.07, 6.45) is 10.1. The number of hydrogen-bond donors (Lipinski definition) is 2. The summed E-state index contributed by atoms with van der Waals surface area (Å²) in [6.45, 7) is 0.853. The van der Waals surface area contributed by atoms with Gasteiger partial charge in [-0.3, -0.25) is 10.0 Å². The lowest BCUT2D eigenvalue weighted by Gasteiger charge is -2.32. The first-order valence-electron chi connectivity index (χ1n) is 8.28. The highest BCUT2D eigenvalue weighted by Gasteiger charge is 2.26. The predicted octanol–water partition coefficient (Wildman–Crippen LogP) is 2.66. The third kappa shape index (κ3) is 5.57. The number of amides is 1. The first-order chi connectivity index (χ1) is 10.2. The number of hydrogen-bond acceptors (Lipinski definition) is 4. The molecule has 2 fully saturated rings. The van der Waals surface area contributed by atoms with Gasteiger partial charge in [-0.25, -0.2) is 5.48 Å². The molecule has 2 N–H and O–H groups in total. The van der Waals surface area contributed by atoms with E-state index >= 15 is 0 Å². The Morgan fingerprint density at radius 3 is 2.52 bits per heavy atom. The molecule has 0 spiro atoms. The van der Waals surface area contributed by atoms with Gasteiger partial charge in [0.25, 0.3) is 0 Å². The number of ether oxygens (including phenoxy) is 2. The largest absolute Gasteiger partial charge is 0.381 e. The van der Waals surface area contributed by atoms with Crippen molar-refractivity contribution in [3.8, 4) is 0 Å². The van der Waals surface area contributed by atoms with E-state index in [0.29, 0.717) is 30.5 Å². The highest BCUT2D eigenvalue weighted by Crippen LogP contribution is 2.31. The Morgan fingerprint density at radius 1 is 1.10 bits per heavy atom. The van der Waals surface area contributed by atoms with E-state index < -0.39 is 0 Å². The van der Waals surface area contributed by atoms with Crippen molar-refractivity contribution >= 4 is 5.91 Å². The lowest BCUT2D eigenvalue weighted by atomic mass is 9.84. The lowest BCUT2D eigenvalue weighted by Crippen LogP contribution is -2.30. The van der Waals surface area contributed by atoms with Crippen LogP contribution in [-0.2, 0) is 14.3 Å². The van der Waals surface area contributed by atoms with E-state index in [1.807, 2.05) is 0 Å². The van der Waals surface area contributed by atoms with Crippen molar-refractivity contribution in [1.29, 1.82) is 0 Å². The molecule has 1 amide bonds. The molecule has 0 bridgehead atoms. The minimum atomic E-state index is -0.271. The predicted molar refractivity (Wildman–Crippen MR) is 79.0 cm³/mol. The molecule has 5 nitrogen and oxygen atoms in total. The summed E-state index contributed by atoms with van der Waals surface area (Å²) >= 11 is 0. The number of carbonyl (C=O) groups excluding carboxylic acids is 1. The first-order valence-corrected chi connectivity index (χ1v) is 8.28. The van der Waals surface area contributed by atoms with E-state index in [1.54, 1.807) is 12.6 Å². The van der Waals surface area contributed by atoms with Gasteiger partial charge in [-0.2, -0.15) is 0 Å². The summed E-state index contributed by atoms with van der Waals surface area (Å²) in [5, 5.41) is 8.55. The van der Waals surface area contributed by atoms with Gasteiger partial charge in [-0.05, 0) is 56.8 Å². The van der Waals surface area contributed by atoms with Gasteiger partial charge in [0, 0.05) is 20.1 Å². The highest BCUT2D eigenvalue weighted by molar-refractivity contribution is 5.74. The zero-order valence-electron chi connectivity index (χ0n) is 13.1. The second-order valence-corrected chi connectivity index (χ2v) is 6.61. The van der Waals surface area contributed by atoms with E-state index in [-0.39, 0.29) is 5.91 Å². The summed E-state index contributed by atoms with van der Waals surface area (Å²) in [5.41, 5.74) is 1.72. The molecule has 0 radical (unpaired) electrons. The number of nitrogens with one attached hydrogen (secondary N) is 1. The van der Waals surface area contributed by atoms with Crippen molar-refractivity contribution in [3.63, 3.8) is 0 Å². The Labute approximate surface area is 127 Å². The number of rotatable bonds is 6. The molecule has 2 unspecified atom stereocenters. The SMILES string of the molecule is COC1CCCC(COC2CCC(CC(=O)NO)CC2)C1. The topological polar surface area (TPSA) is 67.8 Å². The van der Waals surface area contributed by atoms with Gasteiger partial charge in [-0.15, -0.1) is 0 Å². The van der Waals surface area contributed by atoms with Crippen LogP contribution in [0, 0.1) is 11.8 Å². The van der Waals surface area contributed by atoms with Crippen molar-refractivity contribution in [2.24, 2.45) is 11.8 Å². The van der Waals surface area contributed by atoms with Crippen LogP contribution in [0.15, 0.2) is 0 Å². The molecule has 0 saturated heterocycles. The van der Waals surface area contributed by atoms with Crippen LogP contribution >= 0.6 is 0 Å². The lowest BCUT2D eigenvalue weighted by molar-refractivity contribution is -0.130. The molecule has 0 aromatic carbocycles. The number of carbonyl (C=O) groups is 1. The van der Waals surface area contributed by atoms with Gasteiger partial charge in [0.05, 0.1) is 12.2 Å². The van der Waals surface area contributed by atoms with Crippen LogP contribution in [0.25, 0.3) is 0 Å². The third-order valence-electron chi connectivity index (χ3n) is 5.03. The molecule has 5 heteroatoms. The quantitative estimate of drug-likeness (QED) is 0.584. The van der Waals surface area contributed by atoms with Crippen LogP contribution in [0.5, 0.6) is 0 Å². The van der Waals surface area contributed by atoms with E-state index in [9.17, 15) is 4.79 Å². The van der Waals surface area contributed by atoms with Crippen LogP contribution in [0.1, 0.15) is 57.8 Å². The second kappa shape index (κ2) is 8.71. The molecule has 122 valence electrons. The van der Waals surface area contributed by atoms with Crippen molar-refractivity contribution < 1.29 is 19.5 Å². The fourth-order valence-corrected chi connectivity index (χ4v) is 3.69. The molecule has 2 atom stereocenters. The number of hydroxylamine groups is 1. The Kier molecular flexibility index (Phi) is 6.93. The van der Waals surface area contributed by atoms with E-state index in [2.05, 4.69) is 0 Å². The zero-order chi connectivity index (χ0) is 15.1. The smallest absolute Gasteiger partial charge is 0.243 e. The van der Waals surface area contributed by atoms with Gasteiger partial charge in [-0.1, -0.05) is 6.42 Å². The average molecular weight is 299 g/mol. The summed E-state index contributed by atoms with van der Waals surface area (Å²) in [7, 11) is 1.80. The van der Waals surface area contributed by atoms with E-state index in [4.69, 9.17) is 14.7 Å². The maximum atomic E-state index is 11.1. The Balaban J connectivity index is 1.61. The maximum absolute atomic E-state index is 11.1. The van der Waals surface area contributed by atoms with E-state index in [1.165, 1.54) is 19.3 Å². The van der Waals surface area contributed by atoms with Crippen LogP contribution in [0.3, 0.4) is 0 Å². The maximum Gasteiger partial charge on any atom is 0.243 e. The Bertz CT molecular complexity index is 315. The molecular weight excluding hydrogens is 270 g/mol. The molecule has 2 aliphatic carbocycles. The Hall–Kier alpha value is -0.650.